The Balaban J connectivity index is 1.73. The summed E-state index contributed by atoms with van der Waals surface area (Å²) in [6, 6.07) is 21.4. The molecule has 0 saturated carbocycles. The van der Waals surface area contributed by atoms with E-state index in [1.54, 1.807) is 66.7 Å². The highest BCUT2D eigenvalue weighted by atomic mass is 16.5. The van der Waals surface area contributed by atoms with E-state index in [9.17, 15) is 19.5 Å². The van der Waals surface area contributed by atoms with Crippen LogP contribution in [0.5, 0.6) is 5.75 Å². The number of benzene rings is 3. The summed E-state index contributed by atoms with van der Waals surface area (Å²) in [5, 5.41) is 11.3. The molecule has 1 fully saturated rings. The van der Waals surface area contributed by atoms with E-state index in [-0.39, 0.29) is 23.5 Å². The van der Waals surface area contributed by atoms with Gasteiger partial charge in [-0.25, -0.2) is 4.79 Å². The lowest BCUT2D eigenvalue weighted by molar-refractivity contribution is -0.132. The maximum atomic E-state index is 13.4. The molecule has 1 unspecified atom stereocenters. The number of unbranched alkanes of at least 4 members (excludes halogenated alkanes) is 2. The molecular weight excluding hydrogens is 494 g/mol. The van der Waals surface area contributed by atoms with Crippen molar-refractivity contribution in [3.05, 3.63) is 101 Å². The fourth-order valence-electron chi connectivity index (χ4n) is 4.52. The number of esters is 1. The fraction of sp³-hybridized carbons (Fsp3) is 0.281. The van der Waals surface area contributed by atoms with Crippen LogP contribution in [0.2, 0.25) is 0 Å². The maximum absolute atomic E-state index is 13.4. The highest BCUT2D eigenvalue weighted by molar-refractivity contribution is 6.51. The lowest BCUT2D eigenvalue weighted by Gasteiger charge is -2.25. The van der Waals surface area contributed by atoms with Crippen molar-refractivity contribution in [2.75, 3.05) is 18.1 Å². The molecule has 39 heavy (non-hydrogen) atoms. The minimum absolute atomic E-state index is 0.0261. The van der Waals surface area contributed by atoms with Crippen molar-refractivity contribution >= 4 is 29.1 Å². The third kappa shape index (κ3) is 6.20. The number of carbonyl (C=O) groups excluding carboxylic acids is 3. The van der Waals surface area contributed by atoms with Crippen LogP contribution in [0.25, 0.3) is 5.76 Å². The van der Waals surface area contributed by atoms with Gasteiger partial charge in [-0.2, -0.15) is 0 Å². The molecule has 1 aliphatic rings. The first-order valence-corrected chi connectivity index (χ1v) is 13.3. The van der Waals surface area contributed by atoms with Gasteiger partial charge in [0.2, 0.25) is 0 Å². The highest BCUT2D eigenvalue weighted by Gasteiger charge is 2.47. The van der Waals surface area contributed by atoms with Gasteiger partial charge in [-0.3, -0.25) is 14.5 Å². The molecule has 1 amide bonds. The molecule has 4 rings (SSSR count). The van der Waals surface area contributed by atoms with Crippen molar-refractivity contribution in [3.8, 4) is 5.75 Å². The van der Waals surface area contributed by atoms with Gasteiger partial charge < -0.3 is 14.6 Å². The SMILES string of the molecule is CCCCCOc1ccc(/C(O)=C2\C(=O)C(=O)N(c3cccc(C(=O)OCCC)c3)C2c2ccccc2)cc1. The smallest absolute Gasteiger partial charge is 0.338 e. The number of aliphatic hydroxyl groups excluding tert-OH is 1. The summed E-state index contributed by atoms with van der Waals surface area (Å²) in [5.41, 5.74) is 1.64. The number of hydrogen-bond acceptors (Lipinski definition) is 6. The van der Waals surface area contributed by atoms with Crippen LogP contribution in [0.15, 0.2) is 84.4 Å². The Labute approximate surface area is 228 Å². The van der Waals surface area contributed by atoms with Crippen LogP contribution < -0.4 is 9.64 Å². The van der Waals surface area contributed by atoms with Crippen molar-refractivity contribution in [3.63, 3.8) is 0 Å². The van der Waals surface area contributed by atoms with Crippen molar-refractivity contribution in [1.29, 1.82) is 0 Å². The summed E-state index contributed by atoms with van der Waals surface area (Å²) >= 11 is 0. The number of ether oxygens (including phenoxy) is 2. The van der Waals surface area contributed by atoms with Crippen LogP contribution in [0, 0.1) is 0 Å². The maximum Gasteiger partial charge on any atom is 0.338 e. The summed E-state index contributed by atoms with van der Waals surface area (Å²) in [6.45, 7) is 4.91. The molecule has 0 bridgehead atoms. The van der Waals surface area contributed by atoms with Gasteiger partial charge in [-0.15, -0.1) is 0 Å². The average Bonchev–Trinajstić information content (AvgIpc) is 3.24. The molecule has 3 aromatic carbocycles. The molecule has 7 nitrogen and oxygen atoms in total. The van der Waals surface area contributed by atoms with Crippen LogP contribution in [-0.4, -0.2) is 36.0 Å². The highest BCUT2D eigenvalue weighted by Crippen LogP contribution is 2.42. The number of nitrogens with zero attached hydrogens (tertiary/aromatic N) is 1. The molecule has 0 aromatic heterocycles. The zero-order valence-corrected chi connectivity index (χ0v) is 22.3. The quantitative estimate of drug-likeness (QED) is 0.101. The van der Waals surface area contributed by atoms with E-state index < -0.39 is 23.7 Å². The number of amides is 1. The predicted molar refractivity (Wildman–Crippen MR) is 150 cm³/mol. The molecular formula is C32H33NO6. The molecule has 7 heteroatoms. The summed E-state index contributed by atoms with van der Waals surface area (Å²) in [7, 11) is 0. The van der Waals surface area contributed by atoms with Gasteiger partial charge in [-0.1, -0.05) is 63.1 Å². The summed E-state index contributed by atoms with van der Waals surface area (Å²) in [4.78, 5) is 40.6. The first-order valence-electron chi connectivity index (χ1n) is 13.3. The van der Waals surface area contributed by atoms with E-state index in [2.05, 4.69) is 6.92 Å². The fourth-order valence-corrected chi connectivity index (χ4v) is 4.52. The largest absolute Gasteiger partial charge is 0.507 e. The first kappa shape index (κ1) is 27.6. The molecule has 0 radical (unpaired) electrons. The number of rotatable bonds is 11. The van der Waals surface area contributed by atoms with E-state index in [1.807, 2.05) is 13.0 Å². The van der Waals surface area contributed by atoms with Crippen LogP contribution in [-0.2, 0) is 14.3 Å². The minimum Gasteiger partial charge on any atom is -0.507 e. The van der Waals surface area contributed by atoms with Crippen molar-refractivity contribution in [1.82, 2.24) is 0 Å². The Kier molecular flexibility index (Phi) is 9.15. The zero-order valence-electron chi connectivity index (χ0n) is 22.3. The van der Waals surface area contributed by atoms with Crippen LogP contribution >= 0.6 is 0 Å². The Bertz CT molecular complexity index is 1350. The van der Waals surface area contributed by atoms with Gasteiger partial charge in [0.05, 0.1) is 30.4 Å². The molecule has 0 spiro atoms. The Morgan fingerprint density at radius 2 is 1.59 bits per heavy atom. The molecule has 1 saturated heterocycles. The average molecular weight is 528 g/mol. The van der Waals surface area contributed by atoms with Crippen LogP contribution in [0.1, 0.15) is 67.1 Å². The van der Waals surface area contributed by atoms with Crippen molar-refractivity contribution in [2.45, 2.75) is 45.6 Å². The van der Waals surface area contributed by atoms with Crippen LogP contribution in [0.4, 0.5) is 5.69 Å². The third-order valence-corrected chi connectivity index (χ3v) is 6.50. The standard InChI is InChI=1S/C32H33NO6/c1-3-5-9-20-38-26-17-15-23(16-18-26)29(34)27-28(22-11-7-6-8-12-22)33(31(36)30(27)35)25-14-10-13-24(21-25)32(37)39-19-4-2/h6-8,10-18,21,28,34H,3-5,9,19-20H2,1-2H3/b29-27+. The second-order valence-electron chi connectivity index (χ2n) is 9.35. The topological polar surface area (TPSA) is 93.1 Å². The van der Waals surface area contributed by atoms with Crippen molar-refractivity contribution < 1.29 is 29.0 Å². The molecule has 1 aliphatic heterocycles. The number of ketones is 1. The monoisotopic (exact) mass is 527 g/mol. The lowest BCUT2D eigenvalue weighted by Crippen LogP contribution is -2.29. The molecule has 3 aromatic rings. The van der Waals surface area contributed by atoms with Gasteiger partial charge in [0.1, 0.15) is 11.5 Å². The Morgan fingerprint density at radius 1 is 0.846 bits per heavy atom. The minimum atomic E-state index is -0.891. The van der Waals surface area contributed by atoms with Crippen LogP contribution in [0.3, 0.4) is 0 Å². The zero-order chi connectivity index (χ0) is 27.8. The second kappa shape index (κ2) is 12.9. The van der Waals surface area contributed by atoms with E-state index >= 15 is 0 Å². The normalized spacial score (nSPS) is 16.4. The Morgan fingerprint density at radius 3 is 2.28 bits per heavy atom. The number of hydrogen-bond donors (Lipinski definition) is 1. The lowest BCUT2D eigenvalue weighted by atomic mass is 9.95. The van der Waals surface area contributed by atoms with Gasteiger partial charge >= 0.3 is 5.97 Å². The second-order valence-corrected chi connectivity index (χ2v) is 9.35. The van der Waals surface area contributed by atoms with E-state index in [0.717, 1.165) is 19.3 Å². The van der Waals surface area contributed by atoms with Gasteiger partial charge in [-0.05, 0) is 60.9 Å². The number of anilines is 1. The molecule has 1 atom stereocenters. The van der Waals surface area contributed by atoms with Crippen molar-refractivity contribution in [2.24, 2.45) is 0 Å². The molecule has 0 aliphatic carbocycles. The van der Waals surface area contributed by atoms with E-state index in [4.69, 9.17) is 9.47 Å². The molecule has 1 N–H and O–H groups in total. The van der Waals surface area contributed by atoms with Gasteiger partial charge in [0, 0.05) is 11.3 Å². The molecule has 1 heterocycles. The number of carbonyl (C=O) groups is 3. The number of Topliss-reactive ketones (excluding diaryl/α,β-unsaturated/α-hetero) is 1. The predicted octanol–water partition coefficient (Wildman–Crippen LogP) is 6.45. The first-order chi connectivity index (χ1) is 19.0. The molecule has 202 valence electrons. The van der Waals surface area contributed by atoms with Gasteiger partial charge in [0.15, 0.2) is 0 Å². The van der Waals surface area contributed by atoms with E-state index in [1.165, 1.54) is 11.0 Å². The third-order valence-electron chi connectivity index (χ3n) is 6.50. The van der Waals surface area contributed by atoms with E-state index in [0.29, 0.717) is 35.6 Å². The van der Waals surface area contributed by atoms with Gasteiger partial charge in [0.25, 0.3) is 11.7 Å². The Hall–Kier alpha value is -4.39. The summed E-state index contributed by atoms with van der Waals surface area (Å²) in [6.07, 6.45) is 3.82. The summed E-state index contributed by atoms with van der Waals surface area (Å²) < 4.78 is 11.0. The number of aliphatic hydroxyl groups is 1. The summed E-state index contributed by atoms with van der Waals surface area (Å²) in [5.74, 6) is -1.72.